The number of benzene rings is 2. The van der Waals surface area contributed by atoms with E-state index in [0.29, 0.717) is 17.1 Å². The maximum Gasteiger partial charge on any atom is 0.338 e. The van der Waals surface area contributed by atoms with Crippen molar-refractivity contribution in [1.29, 1.82) is 0 Å². The number of aromatic nitrogens is 2. The van der Waals surface area contributed by atoms with Crippen LogP contribution in [0.2, 0.25) is 0 Å². The highest BCUT2D eigenvalue weighted by molar-refractivity contribution is 5.91. The van der Waals surface area contributed by atoms with E-state index in [1.807, 2.05) is 13.0 Å². The van der Waals surface area contributed by atoms with Crippen LogP contribution in [0.1, 0.15) is 28.9 Å². The molecule has 8 heteroatoms. The van der Waals surface area contributed by atoms with Gasteiger partial charge in [-0.25, -0.2) is 9.48 Å². The van der Waals surface area contributed by atoms with Crippen molar-refractivity contribution in [3.63, 3.8) is 0 Å². The molecular formula is C22H23N3O5. The van der Waals surface area contributed by atoms with Gasteiger partial charge in [0, 0.05) is 18.0 Å². The Balaban J connectivity index is 1.56. The number of ether oxygens (including phenoxy) is 3. The topological polar surface area (TPSA) is 91.7 Å². The average molecular weight is 409 g/mol. The Morgan fingerprint density at radius 1 is 1.10 bits per heavy atom. The summed E-state index contributed by atoms with van der Waals surface area (Å²) in [4.78, 5) is 24.5. The van der Waals surface area contributed by atoms with Gasteiger partial charge in [0.15, 0.2) is 6.61 Å². The first kappa shape index (κ1) is 20.9. The lowest BCUT2D eigenvalue weighted by Crippen LogP contribution is -2.31. The fourth-order valence-electron chi connectivity index (χ4n) is 2.92. The maximum atomic E-state index is 12.3. The second-order valence-electron chi connectivity index (χ2n) is 6.47. The van der Waals surface area contributed by atoms with Gasteiger partial charge in [-0.3, -0.25) is 4.79 Å². The van der Waals surface area contributed by atoms with E-state index in [9.17, 15) is 9.59 Å². The molecule has 0 saturated heterocycles. The Hall–Kier alpha value is -3.81. The first-order valence-corrected chi connectivity index (χ1v) is 9.30. The zero-order valence-electron chi connectivity index (χ0n) is 17.0. The summed E-state index contributed by atoms with van der Waals surface area (Å²) >= 11 is 0. The molecule has 1 N–H and O–H groups in total. The van der Waals surface area contributed by atoms with Crippen molar-refractivity contribution in [1.82, 2.24) is 15.1 Å². The van der Waals surface area contributed by atoms with Crippen LogP contribution < -0.4 is 14.8 Å². The molecule has 0 saturated carbocycles. The summed E-state index contributed by atoms with van der Waals surface area (Å²) in [6, 6.07) is 13.5. The van der Waals surface area contributed by atoms with Gasteiger partial charge in [-0.1, -0.05) is 0 Å². The summed E-state index contributed by atoms with van der Waals surface area (Å²) in [5.74, 6) is 0.271. The highest BCUT2D eigenvalue weighted by atomic mass is 16.5. The Labute approximate surface area is 174 Å². The van der Waals surface area contributed by atoms with E-state index in [-0.39, 0.29) is 6.04 Å². The third-order valence-corrected chi connectivity index (χ3v) is 4.49. The average Bonchev–Trinajstić information content (AvgIpc) is 3.32. The normalized spacial score (nSPS) is 11.4. The Morgan fingerprint density at radius 2 is 1.87 bits per heavy atom. The fourth-order valence-corrected chi connectivity index (χ4v) is 2.92. The van der Waals surface area contributed by atoms with Crippen LogP contribution in [-0.4, -0.2) is 42.5 Å². The minimum Gasteiger partial charge on any atom is -0.497 e. The largest absolute Gasteiger partial charge is 0.497 e. The molecule has 0 radical (unpaired) electrons. The number of hydrogen-bond acceptors (Lipinski definition) is 6. The lowest BCUT2D eigenvalue weighted by Gasteiger charge is -2.18. The summed E-state index contributed by atoms with van der Waals surface area (Å²) in [6.45, 7) is 1.42. The Bertz CT molecular complexity index is 1000. The van der Waals surface area contributed by atoms with Crippen LogP contribution in [0.5, 0.6) is 11.5 Å². The quantitative estimate of drug-likeness (QED) is 0.575. The Morgan fingerprint density at radius 3 is 2.50 bits per heavy atom. The van der Waals surface area contributed by atoms with Crippen molar-refractivity contribution in [2.45, 2.75) is 13.0 Å². The second-order valence-corrected chi connectivity index (χ2v) is 6.47. The zero-order valence-corrected chi connectivity index (χ0v) is 17.0. The summed E-state index contributed by atoms with van der Waals surface area (Å²) in [5, 5.41) is 6.92. The highest BCUT2D eigenvalue weighted by Gasteiger charge is 2.17. The van der Waals surface area contributed by atoms with Gasteiger partial charge in [0.25, 0.3) is 5.91 Å². The number of nitrogens with one attached hydrogen (secondary N) is 1. The van der Waals surface area contributed by atoms with E-state index >= 15 is 0 Å². The number of carbonyl (C=O) groups excluding carboxylic acids is 2. The number of methoxy groups -OCH3 is 2. The first-order chi connectivity index (χ1) is 14.5. The molecule has 1 heterocycles. The molecule has 0 unspecified atom stereocenters. The molecule has 1 atom stereocenters. The standard InChI is InChI=1S/C22H23N3O5/c1-15(19-13-18(28-2)9-10-20(19)29-3)24-21(26)14-30-22(27)16-5-7-17(8-6-16)25-12-4-11-23-25/h4-13,15H,14H2,1-3H3,(H,24,26)/t15-/m0/s1. The predicted molar refractivity (Wildman–Crippen MR) is 110 cm³/mol. The fraction of sp³-hybridized carbons (Fsp3) is 0.227. The van der Waals surface area contributed by atoms with E-state index < -0.39 is 18.5 Å². The summed E-state index contributed by atoms with van der Waals surface area (Å²) in [5.41, 5.74) is 1.92. The van der Waals surface area contributed by atoms with Crippen molar-refractivity contribution in [3.05, 3.63) is 72.1 Å². The number of nitrogens with zero attached hydrogens (tertiary/aromatic N) is 2. The van der Waals surface area contributed by atoms with Gasteiger partial charge in [0.05, 0.1) is 31.5 Å². The smallest absolute Gasteiger partial charge is 0.338 e. The van der Waals surface area contributed by atoms with Gasteiger partial charge >= 0.3 is 5.97 Å². The summed E-state index contributed by atoms with van der Waals surface area (Å²) < 4.78 is 17.4. The van der Waals surface area contributed by atoms with Crippen LogP contribution >= 0.6 is 0 Å². The van der Waals surface area contributed by atoms with Gasteiger partial charge < -0.3 is 19.5 Å². The summed E-state index contributed by atoms with van der Waals surface area (Å²) in [7, 11) is 3.12. The molecule has 156 valence electrons. The minimum atomic E-state index is -0.580. The molecule has 1 amide bonds. The van der Waals surface area contributed by atoms with Gasteiger partial charge in [-0.05, 0) is 55.5 Å². The summed E-state index contributed by atoms with van der Waals surface area (Å²) in [6.07, 6.45) is 3.47. The van der Waals surface area contributed by atoms with Crippen molar-refractivity contribution in [2.75, 3.05) is 20.8 Å². The monoisotopic (exact) mass is 409 g/mol. The molecule has 0 spiro atoms. The van der Waals surface area contributed by atoms with Crippen LogP contribution in [0.3, 0.4) is 0 Å². The zero-order chi connectivity index (χ0) is 21.5. The van der Waals surface area contributed by atoms with Gasteiger partial charge in [-0.2, -0.15) is 5.10 Å². The van der Waals surface area contributed by atoms with Gasteiger partial charge in [0.2, 0.25) is 0 Å². The molecule has 0 fully saturated rings. The van der Waals surface area contributed by atoms with Crippen LogP contribution in [0.25, 0.3) is 5.69 Å². The predicted octanol–water partition coefficient (Wildman–Crippen LogP) is 2.92. The van der Waals surface area contributed by atoms with Crippen LogP contribution in [-0.2, 0) is 9.53 Å². The highest BCUT2D eigenvalue weighted by Crippen LogP contribution is 2.29. The van der Waals surface area contributed by atoms with E-state index in [0.717, 1.165) is 11.3 Å². The van der Waals surface area contributed by atoms with Crippen molar-refractivity contribution in [3.8, 4) is 17.2 Å². The van der Waals surface area contributed by atoms with Crippen LogP contribution in [0, 0.1) is 0 Å². The Kier molecular flexibility index (Phi) is 6.69. The molecule has 0 aliphatic rings. The van der Waals surface area contributed by atoms with E-state index in [1.54, 1.807) is 73.8 Å². The van der Waals surface area contributed by atoms with E-state index in [4.69, 9.17) is 14.2 Å². The molecule has 8 nitrogen and oxygen atoms in total. The van der Waals surface area contributed by atoms with Crippen molar-refractivity contribution >= 4 is 11.9 Å². The minimum absolute atomic E-state index is 0.348. The molecule has 0 aliphatic carbocycles. The molecule has 1 aromatic heterocycles. The number of esters is 1. The molecule has 0 bridgehead atoms. The van der Waals surface area contributed by atoms with Gasteiger partial charge in [0.1, 0.15) is 11.5 Å². The van der Waals surface area contributed by atoms with Crippen LogP contribution in [0.15, 0.2) is 60.9 Å². The molecule has 3 rings (SSSR count). The first-order valence-electron chi connectivity index (χ1n) is 9.30. The van der Waals surface area contributed by atoms with Crippen LogP contribution in [0.4, 0.5) is 0 Å². The number of amides is 1. The third kappa shape index (κ3) is 4.96. The van der Waals surface area contributed by atoms with E-state index in [1.165, 1.54) is 0 Å². The SMILES string of the molecule is COc1ccc(OC)c([C@H](C)NC(=O)COC(=O)c2ccc(-n3cccn3)cc2)c1. The van der Waals surface area contributed by atoms with Crippen molar-refractivity contribution < 1.29 is 23.8 Å². The maximum absolute atomic E-state index is 12.3. The van der Waals surface area contributed by atoms with E-state index in [2.05, 4.69) is 10.4 Å². The second kappa shape index (κ2) is 9.60. The molecular weight excluding hydrogens is 386 g/mol. The lowest BCUT2D eigenvalue weighted by molar-refractivity contribution is -0.124. The number of carbonyl (C=O) groups is 2. The molecule has 0 aliphatic heterocycles. The lowest BCUT2D eigenvalue weighted by atomic mass is 10.1. The molecule has 2 aromatic carbocycles. The molecule has 30 heavy (non-hydrogen) atoms. The molecule has 3 aromatic rings. The van der Waals surface area contributed by atoms with Gasteiger partial charge in [-0.15, -0.1) is 0 Å². The third-order valence-electron chi connectivity index (χ3n) is 4.49. The number of hydrogen-bond donors (Lipinski definition) is 1. The number of rotatable bonds is 8. The van der Waals surface area contributed by atoms with Crippen molar-refractivity contribution in [2.24, 2.45) is 0 Å².